The smallest absolute Gasteiger partial charge is 0.294 e. The van der Waals surface area contributed by atoms with Crippen molar-refractivity contribution in [1.29, 1.82) is 0 Å². The van der Waals surface area contributed by atoms with Crippen molar-refractivity contribution in [1.82, 2.24) is 4.90 Å². The fourth-order valence-electron chi connectivity index (χ4n) is 3.56. The molecule has 1 saturated heterocycles. The fraction of sp³-hybridized carbons (Fsp3) is 0.160. The third kappa shape index (κ3) is 4.88. The van der Waals surface area contributed by atoms with Crippen molar-refractivity contribution in [3.8, 4) is 11.5 Å². The van der Waals surface area contributed by atoms with Crippen LogP contribution in [-0.4, -0.2) is 42.2 Å². The van der Waals surface area contributed by atoms with E-state index >= 15 is 0 Å². The fourth-order valence-corrected chi connectivity index (χ4v) is 4.64. The lowest BCUT2D eigenvalue weighted by molar-refractivity contribution is -0.127. The second kappa shape index (κ2) is 10.2. The molecule has 0 atom stereocenters. The molecule has 3 amide bonds. The van der Waals surface area contributed by atoms with Crippen molar-refractivity contribution in [3.05, 3.63) is 70.1 Å². The van der Waals surface area contributed by atoms with Crippen molar-refractivity contribution >= 4 is 63.0 Å². The highest BCUT2D eigenvalue weighted by Crippen LogP contribution is 2.37. The first-order valence-electron chi connectivity index (χ1n) is 10.4. The van der Waals surface area contributed by atoms with Crippen molar-refractivity contribution in [2.45, 2.75) is 6.92 Å². The van der Waals surface area contributed by atoms with Gasteiger partial charge < -0.3 is 14.8 Å². The van der Waals surface area contributed by atoms with Gasteiger partial charge in [0.2, 0.25) is 5.91 Å². The zero-order valence-corrected chi connectivity index (χ0v) is 20.0. The van der Waals surface area contributed by atoms with E-state index in [0.717, 1.165) is 27.4 Å². The summed E-state index contributed by atoms with van der Waals surface area (Å²) in [4.78, 5) is 39.2. The Morgan fingerprint density at radius 2 is 1.88 bits per heavy atom. The summed E-state index contributed by atoms with van der Waals surface area (Å²) in [5.74, 6) is 0.0240. The molecular weight excluding hydrogens is 476 g/mol. The van der Waals surface area contributed by atoms with Crippen LogP contribution in [0.15, 0.2) is 59.5 Å². The maximum atomic E-state index is 13.0. The first-order valence-corrected chi connectivity index (χ1v) is 11.6. The topological polar surface area (TPSA) is 84.9 Å². The molecule has 0 bridgehead atoms. The van der Waals surface area contributed by atoms with Crippen LogP contribution in [0.2, 0.25) is 5.02 Å². The predicted molar refractivity (Wildman–Crippen MR) is 134 cm³/mol. The molecule has 1 N–H and O–H groups in total. The van der Waals surface area contributed by atoms with Crippen LogP contribution in [0.1, 0.15) is 12.5 Å². The molecule has 1 aliphatic heterocycles. The zero-order valence-electron chi connectivity index (χ0n) is 18.5. The molecule has 0 aromatic heterocycles. The van der Waals surface area contributed by atoms with Gasteiger partial charge in [-0.1, -0.05) is 41.9 Å². The highest BCUT2D eigenvalue weighted by molar-refractivity contribution is 8.18. The minimum Gasteiger partial charge on any atom is -0.495 e. The lowest BCUT2D eigenvalue weighted by Gasteiger charge is -2.13. The van der Waals surface area contributed by atoms with Crippen molar-refractivity contribution in [2.24, 2.45) is 0 Å². The third-order valence-electron chi connectivity index (χ3n) is 5.12. The van der Waals surface area contributed by atoms with E-state index in [1.54, 1.807) is 18.2 Å². The first kappa shape index (κ1) is 23.7. The van der Waals surface area contributed by atoms with E-state index in [1.807, 2.05) is 43.3 Å². The molecule has 1 heterocycles. The largest absolute Gasteiger partial charge is 0.495 e. The average Bonchev–Trinajstić information content (AvgIpc) is 3.08. The van der Waals surface area contributed by atoms with Crippen LogP contribution < -0.4 is 14.8 Å². The lowest BCUT2D eigenvalue weighted by atomic mass is 10.0. The normalized spacial score (nSPS) is 14.7. The zero-order chi connectivity index (χ0) is 24.2. The Bertz CT molecular complexity index is 1320. The van der Waals surface area contributed by atoms with Crippen LogP contribution in [0.3, 0.4) is 0 Å². The summed E-state index contributed by atoms with van der Waals surface area (Å²) in [5, 5.41) is 4.33. The minimum absolute atomic E-state index is 0.225. The highest BCUT2D eigenvalue weighted by Gasteiger charge is 2.36. The van der Waals surface area contributed by atoms with Crippen LogP contribution in [0.25, 0.3) is 16.8 Å². The van der Waals surface area contributed by atoms with E-state index in [9.17, 15) is 14.4 Å². The summed E-state index contributed by atoms with van der Waals surface area (Å²) in [6.45, 7) is 1.91. The number of halogens is 1. The Kier molecular flexibility index (Phi) is 7.09. The number of hydrogen-bond donors (Lipinski definition) is 1. The Hall–Kier alpha value is -3.49. The highest BCUT2D eigenvalue weighted by atomic mass is 35.5. The van der Waals surface area contributed by atoms with E-state index in [0.29, 0.717) is 34.4 Å². The van der Waals surface area contributed by atoms with Gasteiger partial charge in [-0.25, -0.2) is 0 Å². The van der Waals surface area contributed by atoms with Crippen molar-refractivity contribution < 1.29 is 23.9 Å². The summed E-state index contributed by atoms with van der Waals surface area (Å²) in [6.07, 6.45) is 1.65. The molecule has 9 heteroatoms. The first-order chi connectivity index (χ1) is 16.4. The Labute approximate surface area is 205 Å². The number of rotatable bonds is 7. The molecule has 7 nitrogen and oxygen atoms in total. The van der Waals surface area contributed by atoms with Gasteiger partial charge in [-0.3, -0.25) is 19.3 Å². The van der Waals surface area contributed by atoms with Gasteiger partial charge in [-0.15, -0.1) is 0 Å². The third-order valence-corrected chi connectivity index (χ3v) is 6.32. The number of nitrogens with one attached hydrogen (secondary N) is 1. The van der Waals surface area contributed by atoms with E-state index in [2.05, 4.69) is 5.32 Å². The Morgan fingerprint density at radius 1 is 1.12 bits per heavy atom. The molecule has 1 aliphatic rings. The van der Waals surface area contributed by atoms with Crippen LogP contribution in [0, 0.1) is 0 Å². The number of methoxy groups -OCH3 is 1. The van der Waals surface area contributed by atoms with E-state index in [4.69, 9.17) is 21.1 Å². The maximum Gasteiger partial charge on any atom is 0.294 e. The molecular formula is C25H21ClN2O5S. The number of nitrogens with zero attached hydrogens (tertiary/aromatic N) is 1. The summed E-state index contributed by atoms with van der Waals surface area (Å²) in [6, 6.07) is 16.3. The number of anilines is 1. The number of hydrogen-bond acceptors (Lipinski definition) is 6. The molecule has 3 aromatic carbocycles. The summed E-state index contributed by atoms with van der Waals surface area (Å²) in [5.41, 5.74) is 1.14. The van der Waals surface area contributed by atoms with Gasteiger partial charge in [0.25, 0.3) is 11.1 Å². The minimum atomic E-state index is -0.534. The van der Waals surface area contributed by atoms with E-state index < -0.39 is 23.6 Å². The second-order valence-electron chi connectivity index (χ2n) is 7.30. The summed E-state index contributed by atoms with van der Waals surface area (Å²) >= 11 is 6.88. The monoisotopic (exact) mass is 496 g/mol. The number of carbonyl (C=O) groups is 3. The van der Waals surface area contributed by atoms with Gasteiger partial charge in [0, 0.05) is 11.3 Å². The van der Waals surface area contributed by atoms with Gasteiger partial charge in [0.15, 0.2) is 0 Å². The molecule has 174 valence electrons. The van der Waals surface area contributed by atoms with Crippen LogP contribution in [0.4, 0.5) is 10.5 Å². The van der Waals surface area contributed by atoms with Gasteiger partial charge >= 0.3 is 0 Å². The van der Waals surface area contributed by atoms with Gasteiger partial charge in [0.05, 0.1) is 23.6 Å². The molecule has 3 aromatic rings. The lowest BCUT2D eigenvalue weighted by Crippen LogP contribution is -2.36. The van der Waals surface area contributed by atoms with Gasteiger partial charge in [-0.05, 0) is 59.8 Å². The SMILES string of the molecule is CCOc1ccc2ccccc2c1C=C1SC(=O)N(CC(=O)Nc2ccc(OC)c(Cl)c2)C1=O. The predicted octanol–water partition coefficient (Wildman–Crippen LogP) is 5.58. The molecule has 0 unspecified atom stereocenters. The van der Waals surface area contributed by atoms with Crippen LogP contribution in [-0.2, 0) is 9.59 Å². The second-order valence-corrected chi connectivity index (χ2v) is 8.70. The quantitative estimate of drug-likeness (QED) is 0.430. The Morgan fingerprint density at radius 3 is 2.62 bits per heavy atom. The summed E-state index contributed by atoms with van der Waals surface area (Å²) in [7, 11) is 1.49. The van der Waals surface area contributed by atoms with Crippen molar-refractivity contribution in [3.63, 3.8) is 0 Å². The molecule has 1 fully saturated rings. The molecule has 0 spiro atoms. The number of carbonyl (C=O) groups excluding carboxylic acids is 3. The van der Waals surface area contributed by atoms with Crippen LogP contribution >= 0.6 is 23.4 Å². The molecule has 4 rings (SSSR count). The number of benzene rings is 3. The number of ether oxygens (including phenoxy) is 2. The molecule has 34 heavy (non-hydrogen) atoms. The van der Waals surface area contributed by atoms with Gasteiger partial charge in [-0.2, -0.15) is 0 Å². The van der Waals surface area contributed by atoms with E-state index in [-0.39, 0.29) is 4.91 Å². The average molecular weight is 497 g/mol. The number of fused-ring (bicyclic) bond motifs is 1. The van der Waals surface area contributed by atoms with Crippen LogP contribution in [0.5, 0.6) is 11.5 Å². The molecule has 0 radical (unpaired) electrons. The number of thioether (sulfide) groups is 1. The molecule has 0 saturated carbocycles. The number of imide groups is 1. The standard InChI is InChI=1S/C25H21ClN2O5S/c1-3-33-20-10-8-15-6-4-5-7-17(15)18(20)13-22-24(30)28(25(31)34-22)14-23(29)27-16-9-11-21(32-2)19(26)12-16/h4-13H,3,14H2,1-2H3,(H,27,29). The van der Waals surface area contributed by atoms with Crippen molar-refractivity contribution in [2.75, 3.05) is 25.6 Å². The number of amides is 3. The van der Waals surface area contributed by atoms with Gasteiger partial charge in [0.1, 0.15) is 18.0 Å². The summed E-state index contributed by atoms with van der Waals surface area (Å²) < 4.78 is 10.8. The van der Waals surface area contributed by atoms with E-state index in [1.165, 1.54) is 13.2 Å². The Balaban J connectivity index is 1.56. The maximum absolute atomic E-state index is 13.0. The molecule has 0 aliphatic carbocycles.